The summed E-state index contributed by atoms with van der Waals surface area (Å²) in [5.41, 5.74) is 2.13. The molecule has 2 aliphatic heterocycles. The highest BCUT2D eigenvalue weighted by Crippen LogP contribution is 2.37. The molecule has 2 heterocycles. The van der Waals surface area contributed by atoms with Crippen LogP contribution in [-0.2, 0) is 9.53 Å². The summed E-state index contributed by atoms with van der Waals surface area (Å²) >= 11 is 0. The van der Waals surface area contributed by atoms with Crippen LogP contribution in [0, 0.1) is 5.82 Å². The monoisotopic (exact) mass is 382 g/mol. The molecule has 144 valence electrons. The molecule has 4 rings (SSSR count). The van der Waals surface area contributed by atoms with Crippen LogP contribution in [0.2, 0.25) is 0 Å². The van der Waals surface area contributed by atoms with Crippen molar-refractivity contribution in [2.45, 2.75) is 38.7 Å². The van der Waals surface area contributed by atoms with Crippen LogP contribution in [0.3, 0.4) is 0 Å². The van der Waals surface area contributed by atoms with E-state index in [0.29, 0.717) is 11.3 Å². The molecule has 6 nitrogen and oxygen atoms in total. The van der Waals surface area contributed by atoms with E-state index in [9.17, 15) is 19.1 Å². The lowest BCUT2D eigenvalue weighted by Gasteiger charge is -2.13. The Morgan fingerprint density at radius 1 is 1.21 bits per heavy atom. The number of hydrogen-bond acceptors (Lipinski definition) is 5. The summed E-state index contributed by atoms with van der Waals surface area (Å²) in [6.07, 6.45) is 2.40. The molecule has 28 heavy (non-hydrogen) atoms. The summed E-state index contributed by atoms with van der Waals surface area (Å²) in [4.78, 5) is 24.7. The lowest BCUT2D eigenvalue weighted by atomic mass is 10.0. The number of amides is 1. The molecule has 2 aromatic rings. The summed E-state index contributed by atoms with van der Waals surface area (Å²) in [6, 6.07) is 8.60. The van der Waals surface area contributed by atoms with Gasteiger partial charge in [-0.05, 0) is 43.2 Å². The Morgan fingerprint density at radius 2 is 2.04 bits per heavy atom. The molecule has 2 aliphatic rings. The van der Waals surface area contributed by atoms with Crippen LogP contribution >= 0.6 is 0 Å². The molecule has 0 spiro atoms. The molecule has 0 aromatic heterocycles. The number of anilines is 1. The van der Waals surface area contributed by atoms with Crippen LogP contribution in [0.1, 0.15) is 60.2 Å². The first-order chi connectivity index (χ1) is 13.5. The van der Waals surface area contributed by atoms with Gasteiger partial charge in [-0.2, -0.15) is 5.10 Å². The van der Waals surface area contributed by atoms with Gasteiger partial charge in [0.1, 0.15) is 17.7 Å². The van der Waals surface area contributed by atoms with Gasteiger partial charge in [-0.15, -0.1) is 0 Å². The fraction of sp³-hybridized carbons (Fsp3) is 0.286. The predicted molar refractivity (Wildman–Crippen MR) is 101 cm³/mol. The van der Waals surface area contributed by atoms with Crippen molar-refractivity contribution < 1.29 is 23.8 Å². The number of unbranched alkanes of at least 4 members (excludes halogenated alkanes) is 1. The maximum atomic E-state index is 13.5. The number of nitrogens with zero attached hydrogens (tertiary/aromatic N) is 2. The summed E-state index contributed by atoms with van der Waals surface area (Å²) < 4.78 is 19.0. The van der Waals surface area contributed by atoms with E-state index in [4.69, 9.17) is 4.74 Å². The van der Waals surface area contributed by atoms with Gasteiger partial charge in [-0.1, -0.05) is 19.4 Å². The van der Waals surface area contributed by atoms with E-state index in [1.54, 1.807) is 18.2 Å². The van der Waals surface area contributed by atoms with Crippen molar-refractivity contribution in [2.24, 2.45) is 5.10 Å². The van der Waals surface area contributed by atoms with Crippen molar-refractivity contribution in [1.82, 2.24) is 0 Å². The number of hydrogen-bond donors (Lipinski definition) is 1. The van der Waals surface area contributed by atoms with Gasteiger partial charge in [0.15, 0.2) is 0 Å². The Morgan fingerprint density at radius 3 is 2.82 bits per heavy atom. The van der Waals surface area contributed by atoms with Crippen molar-refractivity contribution in [1.29, 1.82) is 0 Å². The van der Waals surface area contributed by atoms with Crippen LogP contribution in [0.25, 0.3) is 0 Å². The van der Waals surface area contributed by atoms with Gasteiger partial charge in [-0.25, -0.2) is 14.2 Å². The molecule has 2 aromatic carbocycles. The van der Waals surface area contributed by atoms with Gasteiger partial charge in [0.05, 0.1) is 23.4 Å². The van der Waals surface area contributed by atoms with Gasteiger partial charge in [0, 0.05) is 11.1 Å². The lowest BCUT2D eigenvalue weighted by Crippen LogP contribution is -2.19. The largest absolute Gasteiger partial charge is 0.507 e. The first-order valence-electron chi connectivity index (χ1n) is 9.22. The molecule has 0 saturated carbocycles. The molecule has 0 aliphatic carbocycles. The maximum absolute atomic E-state index is 13.5. The predicted octanol–water partition coefficient (Wildman–Crippen LogP) is 4.07. The van der Waals surface area contributed by atoms with Crippen molar-refractivity contribution in [3.63, 3.8) is 0 Å². The van der Waals surface area contributed by atoms with E-state index in [1.807, 2.05) is 0 Å². The van der Waals surface area contributed by atoms with E-state index in [-0.39, 0.29) is 35.5 Å². The van der Waals surface area contributed by atoms with Gasteiger partial charge in [0.25, 0.3) is 5.91 Å². The second-order valence-electron chi connectivity index (χ2n) is 6.90. The molecule has 1 amide bonds. The molecule has 0 fully saturated rings. The zero-order valence-electron chi connectivity index (χ0n) is 15.3. The van der Waals surface area contributed by atoms with E-state index in [2.05, 4.69) is 12.0 Å². The number of aromatic hydroxyl groups is 1. The Balaban J connectivity index is 1.65. The number of cyclic esters (lactones) is 1. The summed E-state index contributed by atoms with van der Waals surface area (Å²) in [5, 5.41) is 15.4. The quantitative estimate of drug-likeness (QED) is 0.791. The summed E-state index contributed by atoms with van der Waals surface area (Å²) in [7, 11) is 0. The smallest absolute Gasteiger partial charge is 0.339 e. The van der Waals surface area contributed by atoms with E-state index >= 15 is 0 Å². The second kappa shape index (κ2) is 7.07. The van der Waals surface area contributed by atoms with Crippen LogP contribution in [0.15, 0.2) is 41.5 Å². The Kier molecular flexibility index (Phi) is 4.58. The maximum Gasteiger partial charge on any atom is 0.339 e. The second-order valence-corrected chi connectivity index (χ2v) is 6.90. The third kappa shape index (κ3) is 3.13. The standard InChI is InChI=1S/C21H19FN2O4/c1-2-3-4-19-14-7-6-13(10-15(14)21(27)28-19)24-20(26)11-17(23-24)16-9-12(22)5-8-18(16)25/h5-10,19,25H,2-4,11H2,1H3. The number of fused-ring (bicyclic) bond motifs is 1. The van der Waals surface area contributed by atoms with E-state index < -0.39 is 11.8 Å². The number of benzene rings is 2. The first-order valence-corrected chi connectivity index (χ1v) is 9.22. The van der Waals surface area contributed by atoms with Gasteiger partial charge >= 0.3 is 5.97 Å². The number of carbonyl (C=O) groups excluding carboxylic acids is 2. The highest BCUT2D eigenvalue weighted by Gasteiger charge is 2.33. The average Bonchev–Trinajstić information content (AvgIpc) is 3.22. The number of hydrazone groups is 1. The van der Waals surface area contributed by atoms with Crippen LogP contribution in [-0.4, -0.2) is 22.7 Å². The van der Waals surface area contributed by atoms with Gasteiger partial charge in [-0.3, -0.25) is 4.79 Å². The molecular formula is C21H19FN2O4. The average molecular weight is 382 g/mol. The summed E-state index contributed by atoms with van der Waals surface area (Å²) in [5.74, 6) is -1.41. The number of ether oxygens (including phenoxy) is 1. The Bertz CT molecular complexity index is 1000. The molecule has 7 heteroatoms. The molecular weight excluding hydrogens is 363 g/mol. The molecule has 0 saturated heterocycles. The molecule has 1 N–H and O–H groups in total. The molecule has 0 radical (unpaired) electrons. The summed E-state index contributed by atoms with van der Waals surface area (Å²) in [6.45, 7) is 2.08. The van der Waals surface area contributed by atoms with Gasteiger partial charge < -0.3 is 9.84 Å². The van der Waals surface area contributed by atoms with Crippen LogP contribution in [0.4, 0.5) is 10.1 Å². The highest BCUT2D eigenvalue weighted by molar-refractivity contribution is 6.20. The number of phenolic OH excluding ortho intramolecular Hbond substituents is 1. The number of esters is 1. The Hall–Kier alpha value is -3.22. The van der Waals surface area contributed by atoms with Crippen LogP contribution in [0.5, 0.6) is 5.75 Å². The topological polar surface area (TPSA) is 79.2 Å². The third-order valence-electron chi connectivity index (χ3n) is 4.96. The van der Waals surface area contributed by atoms with E-state index in [1.165, 1.54) is 11.1 Å². The normalized spacial score (nSPS) is 18.3. The van der Waals surface area contributed by atoms with Crippen LogP contribution < -0.4 is 5.01 Å². The zero-order chi connectivity index (χ0) is 19.8. The number of halogens is 1. The molecule has 1 atom stereocenters. The molecule has 0 bridgehead atoms. The minimum atomic E-state index is -0.528. The van der Waals surface area contributed by atoms with E-state index in [0.717, 1.165) is 37.0 Å². The van der Waals surface area contributed by atoms with Gasteiger partial charge in [0.2, 0.25) is 0 Å². The van der Waals surface area contributed by atoms with Crippen molar-refractivity contribution in [2.75, 3.05) is 5.01 Å². The molecule has 1 unspecified atom stereocenters. The minimum Gasteiger partial charge on any atom is -0.507 e. The highest BCUT2D eigenvalue weighted by atomic mass is 19.1. The fourth-order valence-electron chi connectivity index (χ4n) is 3.51. The Labute approximate surface area is 161 Å². The SMILES string of the molecule is CCCCC1OC(=O)c2cc(N3N=C(c4cc(F)ccc4O)CC3=O)ccc21. The fourth-order valence-corrected chi connectivity index (χ4v) is 3.51. The number of carbonyl (C=O) groups is 2. The van der Waals surface area contributed by atoms with Crippen molar-refractivity contribution in [3.05, 3.63) is 58.9 Å². The minimum absolute atomic E-state index is 0.0718. The first kappa shape index (κ1) is 18.2. The van der Waals surface area contributed by atoms with Crippen molar-refractivity contribution >= 4 is 23.3 Å². The number of rotatable bonds is 5. The van der Waals surface area contributed by atoms with Crippen molar-refractivity contribution in [3.8, 4) is 5.75 Å². The lowest BCUT2D eigenvalue weighted by molar-refractivity contribution is -0.116. The zero-order valence-corrected chi connectivity index (χ0v) is 15.3. The number of phenols is 1. The third-order valence-corrected chi connectivity index (χ3v) is 4.96.